The Bertz CT molecular complexity index is 1680. The molecule has 2 N–H and O–H groups in total. The Kier molecular flexibility index (Phi) is 8.91. The molecular formula is C37H52N4O3SSi. The van der Waals surface area contributed by atoms with Crippen molar-refractivity contribution >= 4 is 43.0 Å². The molecule has 0 bridgehead atoms. The minimum absolute atomic E-state index is 0.000164. The topological polar surface area (TPSA) is 79.5 Å². The number of aromatic nitrogens is 2. The highest BCUT2D eigenvalue weighted by Gasteiger charge is 2.41. The Morgan fingerprint density at radius 3 is 2.63 bits per heavy atom. The first-order valence-corrected chi connectivity index (χ1v) is 20.8. The van der Waals surface area contributed by atoms with Gasteiger partial charge in [0.15, 0.2) is 0 Å². The van der Waals surface area contributed by atoms with Crippen molar-refractivity contribution < 1.29 is 14.0 Å². The molecule has 1 amide bonds. The summed E-state index contributed by atoms with van der Waals surface area (Å²) in [6, 6.07) is 6.09. The van der Waals surface area contributed by atoms with E-state index in [4.69, 9.17) is 9.16 Å². The summed E-state index contributed by atoms with van der Waals surface area (Å²) in [5.74, 6) is 2.68. The summed E-state index contributed by atoms with van der Waals surface area (Å²) in [6.45, 7) is 24.4. The number of thioether (sulfide) groups is 1. The lowest BCUT2D eigenvalue weighted by Crippen LogP contribution is -2.45. The first-order valence-electron chi connectivity index (χ1n) is 17.0. The van der Waals surface area contributed by atoms with E-state index in [0.29, 0.717) is 10.8 Å². The SMILES string of the molecule is Cc1c(C)c2c(c(C)c1O[Si](C)(C)C(C)(C)C)CCC(C)(CCN1CCC(CNC(=O)C3=Cc4n[nH]c5cccc(c45)S3)CC1)O2. The summed E-state index contributed by atoms with van der Waals surface area (Å²) >= 11 is 1.53. The van der Waals surface area contributed by atoms with Gasteiger partial charge in [0.25, 0.3) is 14.2 Å². The van der Waals surface area contributed by atoms with Gasteiger partial charge < -0.3 is 19.4 Å². The molecule has 3 aromatic rings. The van der Waals surface area contributed by atoms with Gasteiger partial charge in [0.1, 0.15) is 17.1 Å². The van der Waals surface area contributed by atoms with Gasteiger partial charge in [-0.05, 0) is 132 Å². The molecule has 3 aliphatic heterocycles. The second kappa shape index (κ2) is 12.4. The molecule has 7 nitrogen and oxygen atoms in total. The summed E-state index contributed by atoms with van der Waals surface area (Å²) in [4.78, 5) is 17.5. The van der Waals surface area contributed by atoms with E-state index in [1.54, 1.807) is 0 Å². The number of carbonyl (C=O) groups is 1. The summed E-state index contributed by atoms with van der Waals surface area (Å²) < 4.78 is 13.8. The zero-order valence-electron chi connectivity index (χ0n) is 29.3. The lowest BCUT2D eigenvalue weighted by atomic mass is 9.85. The number of carbonyl (C=O) groups excluding carboxylic acids is 1. The van der Waals surface area contributed by atoms with Gasteiger partial charge in [-0.25, -0.2) is 0 Å². The fourth-order valence-electron chi connectivity index (χ4n) is 6.79. The van der Waals surface area contributed by atoms with E-state index < -0.39 is 8.32 Å². The van der Waals surface area contributed by atoms with E-state index in [2.05, 4.69) is 88.0 Å². The second-order valence-corrected chi connectivity index (χ2v) is 21.4. The number of fused-ring (bicyclic) bond motifs is 1. The number of hydrogen-bond donors (Lipinski definition) is 2. The number of amides is 1. The highest BCUT2D eigenvalue weighted by Crippen LogP contribution is 2.47. The van der Waals surface area contributed by atoms with Crippen molar-refractivity contribution in [3.05, 3.63) is 51.1 Å². The molecule has 1 atom stereocenters. The van der Waals surface area contributed by atoms with Crippen LogP contribution in [0.4, 0.5) is 0 Å². The van der Waals surface area contributed by atoms with E-state index in [1.165, 1.54) is 34.0 Å². The van der Waals surface area contributed by atoms with Crippen LogP contribution in [0.3, 0.4) is 0 Å². The van der Waals surface area contributed by atoms with Crippen LogP contribution in [0.25, 0.3) is 17.0 Å². The lowest BCUT2D eigenvalue weighted by Gasteiger charge is -2.41. The molecule has 46 heavy (non-hydrogen) atoms. The van der Waals surface area contributed by atoms with Crippen molar-refractivity contribution in [3.63, 3.8) is 0 Å². The van der Waals surface area contributed by atoms with E-state index >= 15 is 0 Å². The first-order chi connectivity index (χ1) is 21.7. The average Bonchev–Trinajstić information content (AvgIpc) is 3.44. The van der Waals surface area contributed by atoms with Gasteiger partial charge in [0.2, 0.25) is 0 Å². The lowest BCUT2D eigenvalue weighted by molar-refractivity contribution is -0.117. The molecule has 3 aliphatic rings. The van der Waals surface area contributed by atoms with Crippen molar-refractivity contribution in [3.8, 4) is 11.5 Å². The number of nitrogens with one attached hydrogen (secondary N) is 2. The maximum atomic E-state index is 13.1. The maximum Gasteiger partial charge on any atom is 0.258 e. The number of rotatable bonds is 8. The summed E-state index contributed by atoms with van der Waals surface area (Å²) in [7, 11) is -1.95. The molecule has 0 aliphatic carbocycles. The van der Waals surface area contributed by atoms with E-state index in [1.807, 2.05) is 18.2 Å². The van der Waals surface area contributed by atoms with Crippen molar-refractivity contribution in [2.45, 2.75) is 109 Å². The highest BCUT2D eigenvalue weighted by atomic mass is 32.2. The molecule has 1 saturated heterocycles. The van der Waals surface area contributed by atoms with Crippen LogP contribution in [0, 0.1) is 26.7 Å². The van der Waals surface area contributed by atoms with Crippen LogP contribution in [0.15, 0.2) is 28.0 Å². The van der Waals surface area contributed by atoms with Crippen molar-refractivity contribution in [2.24, 2.45) is 5.92 Å². The molecule has 1 unspecified atom stereocenters. The largest absolute Gasteiger partial charge is 0.543 e. The van der Waals surface area contributed by atoms with Crippen LogP contribution in [-0.4, -0.2) is 61.1 Å². The fourth-order valence-corrected chi connectivity index (χ4v) is 8.95. The number of hydrogen-bond acceptors (Lipinski definition) is 6. The summed E-state index contributed by atoms with van der Waals surface area (Å²) in [5.41, 5.74) is 6.74. The molecule has 0 radical (unpaired) electrons. The van der Waals surface area contributed by atoms with E-state index in [0.717, 1.165) is 91.3 Å². The predicted octanol–water partition coefficient (Wildman–Crippen LogP) is 8.32. The van der Waals surface area contributed by atoms with Gasteiger partial charge in [0, 0.05) is 28.9 Å². The standard InChI is InChI=1S/C37H52N4O3SSi/c1-23-24(2)34-27(25(3)33(23)44-46(8,9)36(4,5)6)13-16-37(7,43-34)17-20-41-18-14-26(15-19-41)22-38-35(42)31-21-29-32-28(39-40-29)11-10-12-30(32)45-31/h10-12,21,26H,13-20,22H2,1-9H3,(H,38,42)(H,39,40). The number of nitrogens with zero attached hydrogens (tertiary/aromatic N) is 2. The first kappa shape index (κ1) is 33.2. The number of likely N-dealkylation sites (tertiary alicyclic amines) is 1. The predicted molar refractivity (Wildman–Crippen MR) is 193 cm³/mol. The summed E-state index contributed by atoms with van der Waals surface area (Å²) in [5, 5.41) is 12.0. The Labute approximate surface area is 280 Å². The number of ether oxygens (including phenoxy) is 1. The quantitative estimate of drug-likeness (QED) is 0.237. The molecule has 9 heteroatoms. The Hall–Kier alpha value is -2.75. The molecule has 2 aromatic carbocycles. The minimum Gasteiger partial charge on any atom is -0.543 e. The normalized spacial score (nSPS) is 20.7. The average molecular weight is 661 g/mol. The van der Waals surface area contributed by atoms with Crippen LogP contribution < -0.4 is 14.5 Å². The van der Waals surface area contributed by atoms with Gasteiger partial charge in [0.05, 0.1) is 16.1 Å². The zero-order valence-corrected chi connectivity index (χ0v) is 31.1. The van der Waals surface area contributed by atoms with Crippen LogP contribution in [0.1, 0.15) is 81.3 Å². The Balaban J connectivity index is 1.000. The highest BCUT2D eigenvalue weighted by molar-refractivity contribution is 8.04. The van der Waals surface area contributed by atoms with Crippen LogP contribution >= 0.6 is 11.8 Å². The number of aromatic amines is 1. The van der Waals surface area contributed by atoms with Crippen molar-refractivity contribution in [2.75, 3.05) is 26.2 Å². The third-order valence-electron chi connectivity index (χ3n) is 11.2. The van der Waals surface area contributed by atoms with Gasteiger partial charge in [-0.1, -0.05) is 38.6 Å². The molecule has 248 valence electrons. The van der Waals surface area contributed by atoms with Gasteiger partial charge in [-0.15, -0.1) is 0 Å². The Morgan fingerprint density at radius 2 is 1.91 bits per heavy atom. The van der Waals surface area contributed by atoms with Crippen LogP contribution in [-0.2, 0) is 11.2 Å². The van der Waals surface area contributed by atoms with Gasteiger partial charge >= 0.3 is 0 Å². The molecule has 1 fully saturated rings. The van der Waals surface area contributed by atoms with Crippen LogP contribution in [0.2, 0.25) is 18.1 Å². The van der Waals surface area contributed by atoms with Crippen molar-refractivity contribution in [1.82, 2.24) is 20.4 Å². The molecule has 6 rings (SSSR count). The molecule has 4 heterocycles. The molecule has 1 aromatic heterocycles. The fraction of sp³-hybridized carbons (Fsp3) is 0.568. The second-order valence-electron chi connectivity index (χ2n) is 15.6. The van der Waals surface area contributed by atoms with Crippen LogP contribution in [0.5, 0.6) is 11.5 Å². The zero-order chi connectivity index (χ0) is 33.0. The number of benzene rings is 2. The van der Waals surface area contributed by atoms with Gasteiger partial charge in [-0.3, -0.25) is 9.89 Å². The number of piperidine rings is 1. The third kappa shape index (κ3) is 6.39. The Morgan fingerprint density at radius 1 is 1.17 bits per heavy atom. The van der Waals surface area contributed by atoms with Gasteiger partial charge in [-0.2, -0.15) is 5.10 Å². The monoisotopic (exact) mass is 660 g/mol. The molecule has 0 saturated carbocycles. The number of H-pyrrole nitrogens is 1. The molecular weight excluding hydrogens is 609 g/mol. The maximum absolute atomic E-state index is 13.1. The minimum atomic E-state index is -1.95. The van der Waals surface area contributed by atoms with E-state index in [9.17, 15) is 4.79 Å². The smallest absolute Gasteiger partial charge is 0.258 e. The molecule has 0 spiro atoms. The van der Waals surface area contributed by atoms with Crippen molar-refractivity contribution in [1.29, 1.82) is 0 Å². The van der Waals surface area contributed by atoms with E-state index in [-0.39, 0.29) is 16.5 Å². The summed E-state index contributed by atoms with van der Waals surface area (Å²) in [6.07, 6.45) is 7.18. The third-order valence-corrected chi connectivity index (χ3v) is 16.6.